The van der Waals surface area contributed by atoms with E-state index in [0.717, 1.165) is 23.6 Å². The molecule has 7 heteroatoms. The van der Waals surface area contributed by atoms with Crippen molar-refractivity contribution in [2.24, 2.45) is 0 Å². The number of carbonyl (C=O) groups is 1. The summed E-state index contributed by atoms with van der Waals surface area (Å²) in [4.78, 5) is 24.9. The topological polar surface area (TPSA) is 75.5 Å². The van der Waals surface area contributed by atoms with Gasteiger partial charge in [-0.15, -0.1) is 0 Å². The highest BCUT2D eigenvalue weighted by molar-refractivity contribution is 7.99. The number of nitro benzene ring substituents is 1. The Kier molecular flexibility index (Phi) is 5.06. The number of nitrogens with one attached hydrogen (secondary N) is 1. The minimum atomic E-state index is -0.500. The van der Waals surface area contributed by atoms with Gasteiger partial charge in [0.05, 0.1) is 4.92 Å². The van der Waals surface area contributed by atoms with Gasteiger partial charge >= 0.3 is 0 Å². The minimum Gasteiger partial charge on any atom is -0.385 e. The van der Waals surface area contributed by atoms with E-state index in [1.165, 1.54) is 6.07 Å². The van der Waals surface area contributed by atoms with Crippen molar-refractivity contribution in [2.45, 2.75) is 19.4 Å². The van der Waals surface area contributed by atoms with Gasteiger partial charge in [0.2, 0.25) is 0 Å². The normalized spacial score (nSPS) is 17.5. The summed E-state index contributed by atoms with van der Waals surface area (Å²) >= 11 is 1.80. The largest absolute Gasteiger partial charge is 0.385 e. The van der Waals surface area contributed by atoms with Gasteiger partial charge in [0.15, 0.2) is 0 Å². The van der Waals surface area contributed by atoms with E-state index in [1.54, 1.807) is 35.8 Å². The third-order valence-electron chi connectivity index (χ3n) is 3.58. The summed E-state index contributed by atoms with van der Waals surface area (Å²) in [7, 11) is 1.72. The first-order valence-corrected chi connectivity index (χ1v) is 8.07. The van der Waals surface area contributed by atoms with E-state index in [2.05, 4.69) is 5.32 Å². The molecular weight excluding hydrogens is 290 g/mol. The molecule has 6 nitrogen and oxygen atoms in total. The molecule has 0 aliphatic carbocycles. The van der Waals surface area contributed by atoms with Gasteiger partial charge in [-0.2, -0.15) is 11.8 Å². The van der Waals surface area contributed by atoms with E-state index >= 15 is 0 Å². The van der Waals surface area contributed by atoms with Crippen LogP contribution in [0.4, 0.5) is 11.4 Å². The summed E-state index contributed by atoms with van der Waals surface area (Å²) in [5.74, 6) is 1.64. The van der Waals surface area contributed by atoms with Crippen LogP contribution >= 0.6 is 11.8 Å². The third kappa shape index (κ3) is 3.47. The second-order valence-corrected chi connectivity index (χ2v) is 6.10. The van der Waals surface area contributed by atoms with Crippen LogP contribution in [-0.2, 0) is 0 Å². The molecule has 0 radical (unpaired) electrons. The van der Waals surface area contributed by atoms with Crippen LogP contribution in [0.3, 0.4) is 0 Å². The van der Waals surface area contributed by atoms with Crippen molar-refractivity contribution in [1.82, 2.24) is 4.90 Å². The average molecular weight is 309 g/mol. The lowest BCUT2D eigenvalue weighted by molar-refractivity contribution is -0.385. The second-order valence-electron chi connectivity index (χ2n) is 4.95. The van der Waals surface area contributed by atoms with Crippen LogP contribution in [0.5, 0.6) is 0 Å². The van der Waals surface area contributed by atoms with Crippen LogP contribution in [0, 0.1) is 10.1 Å². The van der Waals surface area contributed by atoms with Crippen molar-refractivity contribution in [3.8, 4) is 0 Å². The quantitative estimate of drug-likeness (QED) is 0.668. The first-order chi connectivity index (χ1) is 10.0. The first kappa shape index (κ1) is 15.6. The van der Waals surface area contributed by atoms with Crippen molar-refractivity contribution in [3.63, 3.8) is 0 Å². The Morgan fingerprint density at radius 3 is 2.90 bits per heavy atom. The van der Waals surface area contributed by atoms with E-state index < -0.39 is 4.92 Å². The van der Waals surface area contributed by atoms with Gasteiger partial charge in [-0.1, -0.05) is 0 Å². The summed E-state index contributed by atoms with van der Waals surface area (Å²) in [6.07, 6.45) is 0.938. The predicted octanol–water partition coefficient (Wildman–Crippen LogP) is 2.60. The lowest BCUT2D eigenvalue weighted by atomic mass is 10.1. The third-order valence-corrected chi connectivity index (χ3v) is 4.72. The first-order valence-electron chi connectivity index (χ1n) is 6.91. The molecule has 114 valence electrons. The molecule has 1 unspecified atom stereocenters. The zero-order valence-corrected chi connectivity index (χ0v) is 13.0. The molecule has 1 aliphatic rings. The fourth-order valence-corrected chi connectivity index (χ4v) is 3.63. The number of nitro groups is 1. The van der Waals surface area contributed by atoms with Crippen molar-refractivity contribution in [3.05, 3.63) is 33.9 Å². The van der Waals surface area contributed by atoms with E-state index in [0.29, 0.717) is 6.54 Å². The maximum Gasteiger partial charge on any atom is 0.282 e. The highest BCUT2D eigenvalue weighted by Crippen LogP contribution is 2.27. The molecule has 0 bridgehead atoms. The summed E-state index contributed by atoms with van der Waals surface area (Å²) < 4.78 is 0. The van der Waals surface area contributed by atoms with E-state index in [-0.39, 0.29) is 23.2 Å². The Morgan fingerprint density at radius 1 is 1.57 bits per heavy atom. The lowest BCUT2D eigenvalue weighted by Gasteiger charge is -2.24. The number of nitrogens with zero attached hydrogens (tertiary/aromatic N) is 2. The molecule has 1 N–H and O–H groups in total. The van der Waals surface area contributed by atoms with Crippen molar-refractivity contribution < 1.29 is 9.72 Å². The zero-order chi connectivity index (χ0) is 15.4. The number of hydrogen-bond acceptors (Lipinski definition) is 5. The Bertz CT molecular complexity index is 544. The van der Waals surface area contributed by atoms with Crippen molar-refractivity contribution in [1.29, 1.82) is 0 Å². The van der Waals surface area contributed by atoms with Gasteiger partial charge in [-0.05, 0) is 31.2 Å². The Morgan fingerprint density at radius 2 is 2.33 bits per heavy atom. The number of anilines is 1. The van der Waals surface area contributed by atoms with Crippen LogP contribution in [0.25, 0.3) is 0 Å². The molecule has 0 aromatic heterocycles. The van der Waals surface area contributed by atoms with Gasteiger partial charge in [0.1, 0.15) is 5.56 Å². The van der Waals surface area contributed by atoms with E-state index in [1.807, 2.05) is 6.92 Å². The summed E-state index contributed by atoms with van der Waals surface area (Å²) in [5.41, 5.74) is 0.734. The van der Waals surface area contributed by atoms with Gasteiger partial charge < -0.3 is 10.2 Å². The average Bonchev–Trinajstić information content (AvgIpc) is 3.00. The van der Waals surface area contributed by atoms with Crippen LogP contribution in [0.2, 0.25) is 0 Å². The number of thioether (sulfide) groups is 1. The molecule has 0 spiro atoms. The number of amides is 1. The SMILES string of the molecule is CCNc1ccc([N+](=O)[O-])c(C(=O)N(C)C2CCSC2)c1. The summed E-state index contributed by atoms with van der Waals surface area (Å²) in [6.45, 7) is 2.63. The smallest absolute Gasteiger partial charge is 0.282 e. The maximum atomic E-state index is 12.6. The molecule has 0 saturated carbocycles. The monoisotopic (exact) mass is 309 g/mol. The molecule has 1 aromatic rings. The second kappa shape index (κ2) is 6.80. The number of rotatable bonds is 5. The van der Waals surface area contributed by atoms with Crippen LogP contribution in [0.1, 0.15) is 23.7 Å². The molecule has 1 heterocycles. The molecular formula is C14H19N3O3S. The summed E-state index contributed by atoms with van der Waals surface area (Å²) in [5, 5.41) is 14.2. The molecule has 1 amide bonds. The molecule has 21 heavy (non-hydrogen) atoms. The van der Waals surface area contributed by atoms with Gasteiger partial charge in [-0.25, -0.2) is 0 Å². The highest BCUT2D eigenvalue weighted by atomic mass is 32.2. The molecule has 1 fully saturated rings. The number of benzene rings is 1. The van der Waals surface area contributed by atoms with Crippen LogP contribution in [-0.4, -0.2) is 46.9 Å². The maximum absolute atomic E-state index is 12.6. The van der Waals surface area contributed by atoms with Gasteiger partial charge in [-0.3, -0.25) is 14.9 Å². The Balaban J connectivity index is 2.32. The molecule has 1 aliphatic heterocycles. The minimum absolute atomic E-state index is 0.140. The highest BCUT2D eigenvalue weighted by Gasteiger charge is 2.29. The van der Waals surface area contributed by atoms with Gasteiger partial charge in [0, 0.05) is 37.1 Å². The summed E-state index contributed by atoms with van der Waals surface area (Å²) in [6, 6.07) is 4.75. The Labute approximate surface area is 128 Å². The molecule has 1 atom stereocenters. The van der Waals surface area contributed by atoms with Gasteiger partial charge in [0.25, 0.3) is 11.6 Å². The molecule has 2 rings (SSSR count). The van der Waals surface area contributed by atoms with Crippen LogP contribution < -0.4 is 5.32 Å². The predicted molar refractivity (Wildman–Crippen MR) is 85.1 cm³/mol. The fraction of sp³-hybridized carbons (Fsp3) is 0.500. The molecule has 1 saturated heterocycles. The zero-order valence-electron chi connectivity index (χ0n) is 12.2. The molecule has 1 aromatic carbocycles. The van der Waals surface area contributed by atoms with Crippen LogP contribution in [0.15, 0.2) is 18.2 Å². The van der Waals surface area contributed by atoms with Crippen molar-refractivity contribution in [2.75, 3.05) is 30.4 Å². The van der Waals surface area contributed by atoms with E-state index in [4.69, 9.17) is 0 Å². The Hall–Kier alpha value is -1.76. The standard InChI is InChI=1S/C14H19N3O3S/c1-3-15-10-4-5-13(17(19)20)12(8-10)14(18)16(2)11-6-7-21-9-11/h4-5,8,11,15H,3,6-7,9H2,1-2H3. The van der Waals surface area contributed by atoms with Crippen molar-refractivity contribution >= 4 is 29.0 Å². The lowest BCUT2D eigenvalue weighted by Crippen LogP contribution is -2.37. The van der Waals surface area contributed by atoms with E-state index in [9.17, 15) is 14.9 Å². The number of carbonyl (C=O) groups excluding carboxylic acids is 1. The number of hydrogen-bond donors (Lipinski definition) is 1. The fourth-order valence-electron chi connectivity index (χ4n) is 2.36.